The van der Waals surface area contributed by atoms with Gasteiger partial charge in [-0.3, -0.25) is 9.59 Å². The minimum Gasteiger partial charge on any atom is -0.490 e. The summed E-state index contributed by atoms with van der Waals surface area (Å²) in [5.41, 5.74) is 0.851. The van der Waals surface area contributed by atoms with E-state index in [1.165, 1.54) is 6.20 Å². The summed E-state index contributed by atoms with van der Waals surface area (Å²) in [6.07, 6.45) is 1.44. The van der Waals surface area contributed by atoms with Crippen molar-refractivity contribution >= 4 is 27.6 Å². The Morgan fingerprint density at radius 2 is 1.96 bits per heavy atom. The lowest BCUT2D eigenvalue weighted by Gasteiger charge is -2.12. The second kappa shape index (κ2) is 7.23. The molecule has 4 aromatic rings. The van der Waals surface area contributed by atoms with Gasteiger partial charge in [0.05, 0.1) is 18.2 Å². The number of H-pyrrole nitrogens is 1. The third-order valence-corrected chi connectivity index (χ3v) is 4.66. The van der Waals surface area contributed by atoms with E-state index in [0.29, 0.717) is 40.0 Å². The Bertz CT molecular complexity index is 1220. The summed E-state index contributed by atoms with van der Waals surface area (Å²) < 4.78 is 11.6. The van der Waals surface area contributed by atoms with Gasteiger partial charge in [-0.2, -0.15) is 0 Å². The summed E-state index contributed by atoms with van der Waals surface area (Å²) >= 11 is 0. The van der Waals surface area contributed by atoms with Crippen molar-refractivity contribution in [1.29, 1.82) is 0 Å². The van der Waals surface area contributed by atoms with Gasteiger partial charge < -0.3 is 19.5 Å². The van der Waals surface area contributed by atoms with Gasteiger partial charge in [-0.1, -0.05) is 30.3 Å². The number of rotatable bonds is 5. The number of benzene rings is 2. The average molecular weight is 376 g/mol. The Morgan fingerprint density at radius 3 is 2.75 bits per heavy atom. The van der Waals surface area contributed by atoms with Crippen molar-refractivity contribution < 1.29 is 13.9 Å². The Labute approximate surface area is 161 Å². The van der Waals surface area contributed by atoms with Crippen molar-refractivity contribution in [3.8, 4) is 5.75 Å². The molecule has 28 heavy (non-hydrogen) atoms. The molecule has 0 saturated carbocycles. The van der Waals surface area contributed by atoms with Crippen LogP contribution in [0.5, 0.6) is 5.75 Å². The first-order chi connectivity index (χ1) is 13.6. The fourth-order valence-electron chi connectivity index (χ4n) is 3.28. The van der Waals surface area contributed by atoms with Crippen molar-refractivity contribution in [1.82, 2.24) is 10.3 Å². The molecule has 0 saturated heterocycles. The first-order valence-corrected chi connectivity index (χ1v) is 9.15. The van der Waals surface area contributed by atoms with Crippen LogP contribution in [0.3, 0.4) is 0 Å². The van der Waals surface area contributed by atoms with Gasteiger partial charge in [0, 0.05) is 22.4 Å². The smallest absolute Gasteiger partial charge is 0.255 e. The molecule has 4 rings (SSSR count). The molecule has 2 heterocycles. The van der Waals surface area contributed by atoms with E-state index in [-0.39, 0.29) is 17.5 Å². The van der Waals surface area contributed by atoms with Crippen molar-refractivity contribution in [2.24, 2.45) is 0 Å². The normalized spacial score (nSPS) is 12.2. The zero-order valence-corrected chi connectivity index (χ0v) is 15.6. The van der Waals surface area contributed by atoms with Gasteiger partial charge in [0.2, 0.25) is 0 Å². The molecule has 0 aliphatic carbocycles. The predicted octanol–water partition coefficient (Wildman–Crippen LogP) is 4.16. The largest absolute Gasteiger partial charge is 0.490 e. The lowest BCUT2D eigenvalue weighted by molar-refractivity contribution is 0.0937. The number of hydrogen-bond acceptors (Lipinski definition) is 4. The van der Waals surface area contributed by atoms with Crippen LogP contribution in [0, 0.1) is 0 Å². The van der Waals surface area contributed by atoms with Crippen LogP contribution < -0.4 is 15.6 Å². The fourth-order valence-corrected chi connectivity index (χ4v) is 3.28. The molecule has 6 heteroatoms. The molecule has 1 amide bonds. The molecule has 6 nitrogen and oxygen atoms in total. The first-order valence-electron chi connectivity index (χ1n) is 9.15. The van der Waals surface area contributed by atoms with E-state index < -0.39 is 0 Å². The van der Waals surface area contributed by atoms with Crippen LogP contribution in [-0.2, 0) is 0 Å². The van der Waals surface area contributed by atoms with E-state index >= 15 is 0 Å². The van der Waals surface area contributed by atoms with E-state index in [4.69, 9.17) is 9.15 Å². The molecule has 2 aromatic carbocycles. The molecule has 142 valence electrons. The number of hydrogen-bond donors (Lipinski definition) is 2. The van der Waals surface area contributed by atoms with Gasteiger partial charge in [-0.05, 0) is 32.0 Å². The molecular formula is C22H20N2O4. The predicted molar refractivity (Wildman–Crippen MR) is 108 cm³/mol. The quantitative estimate of drug-likeness (QED) is 0.548. The molecule has 0 spiro atoms. The number of amides is 1. The number of carbonyl (C=O) groups is 1. The molecular weight excluding hydrogens is 356 g/mol. The van der Waals surface area contributed by atoms with E-state index in [0.717, 1.165) is 5.39 Å². The number of para-hydroxylation sites is 1. The maximum atomic E-state index is 12.8. The van der Waals surface area contributed by atoms with Gasteiger partial charge >= 0.3 is 0 Å². The number of nitrogens with one attached hydrogen (secondary N) is 2. The van der Waals surface area contributed by atoms with Crippen molar-refractivity contribution in [3.05, 3.63) is 76.4 Å². The van der Waals surface area contributed by atoms with Gasteiger partial charge in [0.1, 0.15) is 5.76 Å². The zero-order valence-electron chi connectivity index (χ0n) is 15.6. The Hall–Kier alpha value is -3.54. The van der Waals surface area contributed by atoms with E-state index in [1.54, 1.807) is 24.3 Å². The van der Waals surface area contributed by atoms with Gasteiger partial charge in [-0.15, -0.1) is 0 Å². The highest BCUT2D eigenvalue weighted by atomic mass is 16.5. The number of fused-ring (bicyclic) bond motifs is 2. The zero-order chi connectivity index (χ0) is 19.7. The average Bonchev–Trinajstić information content (AvgIpc) is 3.14. The molecule has 0 bridgehead atoms. The number of carbonyl (C=O) groups excluding carboxylic acids is 1. The summed E-state index contributed by atoms with van der Waals surface area (Å²) in [7, 11) is 0. The number of aromatic amines is 1. The maximum Gasteiger partial charge on any atom is 0.255 e. The molecule has 0 unspecified atom stereocenters. The summed E-state index contributed by atoms with van der Waals surface area (Å²) in [5.74, 6) is 1.02. The summed E-state index contributed by atoms with van der Waals surface area (Å²) in [5, 5.41) is 4.94. The maximum absolute atomic E-state index is 12.8. The van der Waals surface area contributed by atoms with Crippen LogP contribution in [0.4, 0.5) is 0 Å². The topological polar surface area (TPSA) is 84.3 Å². The fraction of sp³-hybridized carbons (Fsp3) is 0.182. The summed E-state index contributed by atoms with van der Waals surface area (Å²) in [6.45, 7) is 4.31. The lowest BCUT2D eigenvalue weighted by Crippen LogP contribution is -2.27. The standard InChI is InChI=1S/C22H20N2O4/c1-3-27-18-10-6-7-14-11-19(28-20(14)18)13(2)24-22(26)17-12-23-21(25)16-9-5-4-8-15(16)17/h4-13H,3H2,1-2H3,(H,23,25)(H,24,26)/t13-/m1/s1. The Morgan fingerprint density at radius 1 is 1.18 bits per heavy atom. The molecule has 0 radical (unpaired) electrons. The minimum absolute atomic E-state index is 0.221. The monoisotopic (exact) mass is 376 g/mol. The Kier molecular flexibility index (Phi) is 4.61. The van der Waals surface area contributed by atoms with Gasteiger partial charge in [0.15, 0.2) is 11.3 Å². The van der Waals surface area contributed by atoms with Crippen LogP contribution in [0.15, 0.2) is 63.9 Å². The first kappa shape index (κ1) is 17.9. The van der Waals surface area contributed by atoms with Crippen molar-refractivity contribution in [3.63, 3.8) is 0 Å². The van der Waals surface area contributed by atoms with Crippen LogP contribution >= 0.6 is 0 Å². The molecule has 0 aliphatic rings. The van der Waals surface area contributed by atoms with E-state index in [9.17, 15) is 9.59 Å². The van der Waals surface area contributed by atoms with Crippen LogP contribution in [0.25, 0.3) is 21.7 Å². The van der Waals surface area contributed by atoms with Crippen LogP contribution in [0.1, 0.15) is 36.0 Å². The van der Waals surface area contributed by atoms with Crippen molar-refractivity contribution in [2.45, 2.75) is 19.9 Å². The number of aromatic nitrogens is 1. The minimum atomic E-state index is -0.361. The number of furan rings is 1. The number of pyridine rings is 1. The molecule has 0 aliphatic heterocycles. The van der Waals surface area contributed by atoms with Gasteiger partial charge in [0.25, 0.3) is 11.5 Å². The van der Waals surface area contributed by atoms with Crippen molar-refractivity contribution in [2.75, 3.05) is 6.61 Å². The summed E-state index contributed by atoms with van der Waals surface area (Å²) in [4.78, 5) is 27.4. The molecule has 2 aromatic heterocycles. The third kappa shape index (κ3) is 3.13. The van der Waals surface area contributed by atoms with Crippen LogP contribution in [-0.4, -0.2) is 17.5 Å². The van der Waals surface area contributed by atoms with Gasteiger partial charge in [-0.25, -0.2) is 0 Å². The summed E-state index contributed by atoms with van der Waals surface area (Å²) in [6, 6.07) is 14.3. The molecule has 1 atom stereocenters. The molecule has 2 N–H and O–H groups in total. The Balaban J connectivity index is 1.64. The third-order valence-electron chi connectivity index (χ3n) is 4.66. The van der Waals surface area contributed by atoms with E-state index in [2.05, 4.69) is 10.3 Å². The van der Waals surface area contributed by atoms with E-state index in [1.807, 2.05) is 38.1 Å². The highest BCUT2D eigenvalue weighted by molar-refractivity contribution is 6.06. The second-order valence-electron chi connectivity index (χ2n) is 6.53. The SMILES string of the molecule is CCOc1cccc2cc([C@@H](C)NC(=O)c3c[nH]c(=O)c4ccccc34)oc12. The van der Waals surface area contributed by atoms with Crippen LogP contribution in [0.2, 0.25) is 0 Å². The highest BCUT2D eigenvalue weighted by Crippen LogP contribution is 2.31. The molecule has 0 fully saturated rings. The lowest BCUT2D eigenvalue weighted by atomic mass is 10.1. The number of ether oxygens (including phenoxy) is 1. The highest BCUT2D eigenvalue weighted by Gasteiger charge is 2.19. The second-order valence-corrected chi connectivity index (χ2v) is 6.53.